The summed E-state index contributed by atoms with van der Waals surface area (Å²) in [4.78, 5) is 21.6. The van der Waals surface area contributed by atoms with Crippen molar-refractivity contribution in [2.45, 2.75) is 25.0 Å². The predicted molar refractivity (Wildman–Crippen MR) is 101 cm³/mol. The van der Waals surface area contributed by atoms with Gasteiger partial charge >= 0.3 is 0 Å². The molecule has 0 saturated heterocycles. The molecule has 1 fully saturated rings. The Hall–Kier alpha value is -2.99. The molecule has 1 aliphatic carbocycles. The first-order valence-electron chi connectivity index (χ1n) is 8.98. The van der Waals surface area contributed by atoms with Crippen LogP contribution in [0.2, 0.25) is 0 Å². The van der Waals surface area contributed by atoms with Gasteiger partial charge in [0.15, 0.2) is 0 Å². The van der Waals surface area contributed by atoms with E-state index < -0.39 is 0 Å². The average molecular weight is 363 g/mol. The van der Waals surface area contributed by atoms with E-state index in [9.17, 15) is 9.90 Å². The number of aliphatic hydroxyl groups excluding tert-OH is 1. The minimum absolute atomic E-state index is 0.157. The van der Waals surface area contributed by atoms with Gasteiger partial charge in [-0.05, 0) is 36.5 Å². The fourth-order valence-corrected chi connectivity index (χ4v) is 3.58. The number of rotatable bonds is 5. The lowest BCUT2D eigenvalue weighted by Gasteiger charge is -2.38. The van der Waals surface area contributed by atoms with Crippen LogP contribution in [-0.2, 0) is 0 Å². The van der Waals surface area contributed by atoms with Crippen LogP contribution in [0.15, 0.2) is 54.9 Å². The maximum Gasteiger partial charge on any atom is 0.252 e. The lowest BCUT2D eigenvalue weighted by Crippen LogP contribution is -2.41. The number of carbonyl (C=O) groups is 1. The van der Waals surface area contributed by atoms with Crippen molar-refractivity contribution >= 4 is 16.8 Å². The van der Waals surface area contributed by atoms with Gasteiger partial charge in [-0.2, -0.15) is 0 Å². The molecule has 1 aliphatic rings. The number of fused-ring (bicyclic) bond motifs is 1. The van der Waals surface area contributed by atoms with E-state index in [4.69, 9.17) is 4.74 Å². The highest BCUT2D eigenvalue weighted by atomic mass is 16.5. The van der Waals surface area contributed by atoms with Crippen LogP contribution in [0.4, 0.5) is 0 Å². The summed E-state index contributed by atoms with van der Waals surface area (Å²) < 4.78 is 5.12. The molecule has 2 aromatic heterocycles. The van der Waals surface area contributed by atoms with E-state index >= 15 is 0 Å². The number of hydrogen-bond donors (Lipinski definition) is 2. The van der Waals surface area contributed by atoms with Gasteiger partial charge in [0.25, 0.3) is 5.91 Å². The highest BCUT2D eigenvalue weighted by molar-refractivity contribution is 6.06. The van der Waals surface area contributed by atoms with E-state index in [1.807, 2.05) is 30.3 Å². The maximum atomic E-state index is 13.0. The first kappa shape index (κ1) is 17.4. The minimum Gasteiger partial charge on any atom is -0.481 e. The molecule has 27 heavy (non-hydrogen) atoms. The Morgan fingerprint density at radius 2 is 2.00 bits per heavy atom. The number of methoxy groups -OCH3 is 1. The van der Waals surface area contributed by atoms with Crippen molar-refractivity contribution in [3.8, 4) is 5.88 Å². The minimum atomic E-state index is -0.303. The molecule has 1 amide bonds. The monoisotopic (exact) mass is 363 g/mol. The third-order valence-corrected chi connectivity index (χ3v) is 5.13. The van der Waals surface area contributed by atoms with E-state index in [0.29, 0.717) is 24.3 Å². The van der Waals surface area contributed by atoms with E-state index in [-0.39, 0.29) is 24.0 Å². The summed E-state index contributed by atoms with van der Waals surface area (Å²) in [7, 11) is 1.57. The second-order valence-electron chi connectivity index (χ2n) is 6.85. The molecule has 1 saturated carbocycles. The van der Waals surface area contributed by atoms with E-state index in [0.717, 1.165) is 16.5 Å². The molecule has 0 aliphatic heterocycles. The number of pyridine rings is 2. The number of carbonyl (C=O) groups excluding carboxylic acids is 1. The summed E-state index contributed by atoms with van der Waals surface area (Å²) in [5.74, 6) is 0.542. The molecule has 4 rings (SSSR count). The standard InChI is InChI=1S/C21H21N3O3/c1-27-19-7-6-13(12-23-19)20(14-10-15(25)11-14)24-21(26)17-8-9-22-18-5-3-2-4-16(17)18/h2-9,12,14-15,20,25H,10-11H2,1H3,(H,24,26)/t14?,15?,20-/m0/s1. The first-order valence-corrected chi connectivity index (χ1v) is 8.98. The van der Waals surface area contributed by atoms with Gasteiger partial charge < -0.3 is 15.2 Å². The number of aromatic nitrogens is 2. The van der Waals surface area contributed by atoms with Gasteiger partial charge in [0.05, 0.1) is 30.3 Å². The van der Waals surface area contributed by atoms with Crippen molar-refractivity contribution in [3.63, 3.8) is 0 Å². The third kappa shape index (κ3) is 3.48. The summed E-state index contributed by atoms with van der Waals surface area (Å²) in [6.45, 7) is 0. The molecule has 0 bridgehead atoms. The zero-order valence-corrected chi connectivity index (χ0v) is 15.0. The molecule has 2 N–H and O–H groups in total. The number of amides is 1. The Bertz CT molecular complexity index is 947. The van der Waals surface area contributed by atoms with Gasteiger partial charge in [-0.3, -0.25) is 9.78 Å². The van der Waals surface area contributed by atoms with Gasteiger partial charge in [0, 0.05) is 23.8 Å². The molecule has 3 aromatic rings. The Kier molecular flexibility index (Phi) is 4.73. The van der Waals surface area contributed by atoms with Crippen LogP contribution in [0.1, 0.15) is 34.8 Å². The number of para-hydroxylation sites is 1. The summed E-state index contributed by atoms with van der Waals surface area (Å²) in [5, 5.41) is 13.7. The molecule has 2 heterocycles. The Labute approximate surface area is 157 Å². The number of nitrogens with one attached hydrogen (secondary N) is 1. The molecule has 138 valence electrons. The van der Waals surface area contributed by atoms with Gasteiger partial charge in [-0.25, -0.2) is 4.98 Å². The second-order valence-corrected chi connectivity index (χ2v) is 6.85. The summed E-state index contributed by atoms with van der Waals surface area (Å²) in [6.07, 6.45) is 4.39. The van der Waals surface area contributed by atoms with Crippen molar-refractivity contribution in [3.05, 3.63) is 66.0 Å². The molecule has 0 unspecified atom stereocenters. The average Bonchev–Trinajstić information content (AvgIpc) is 2.69. The molecule has 6 heteroatoms. The van der Waals surface area contributed by atoms with Crippen LogP contribution >= 0.6 is 0 Å². The summed E-state index contributed by atoms with van der Waals surface area (Å²) in [6, 6.07) is 12.8. The number of hydrogen-bond acceptors (Lipinski definition) is 5. The number of benzene rings is 1. The van der Waals surface area contributed by atoms with Crippen molar-refractivity contribution < 1.29 is 14.6 Å². The lowest BCUT2D eigenvalue weighted by molar-refractivity contribution is 0.0235. The molecule has 0 spiro atoms. The van der Waals surface area contributed by atoms with Crippen LogP contribution in [-0.4, -0.2) is 34.2 Å². The predicted octanol–water partition coefficient (Wildman–Crippen LogP) is 2.88. The fraction of sp³-hybridized carbons (Fsp3) is 0.286. The highest BCUT2D eigenvalue weighted by Crippen LogP contribution is 2.38. The quantitative estimate of drug-likeness (QED) is 0.728. The molecule has 0 radical (unpaired) electrons. The van der Waals surface area contributed by atoms with E-state index in [1.54, 1.807) is 31.6 Å². The SMILES string of the molecule is COc1ccc([C@H](NC(=O)c2ccnc3ccccc23)C2CC(O)C2)cn1. The third-order valence-electron chi connectivity index (χ3n) is 5.13. The van der Waals surface area contributed by atoms with Crippen LogP contribution < -0.4 is 10.1 Å². The Morgan fingerprint density at radius 3 is 2.70 bits per heavy atom. The van der Waals surface area contributed by atoms with Gasteiger partial charge in [-0.1, -0.05) is 24.3 Å². The Morgan fingerprint density at radius 1 is 1.19 bits per heavy atom. The van der Waals surface area contributed by atoms with Crippen molar-refractivity contribution in [1.82, 2.24) is 15.3 Å². The van der Waals surface area contributed by atoms with Crippen molar-refractivity contribution in [1.29, 1.82) is 0 Å². The molecular formula is C21H21N3O3. The first-order chi connectivity index (χ1) is 13.2. The number of nitrogens with zero attached hydrogens (tertiary/aromatic N) is 2. The van der Waals surface area contributed by atoms with Crippen LogP contribution in [0.25, 0.3) is 10.9 Å². The summed E-state index contributed by atoms with van der Waals surface area (Å²) >= 11 is 0. The smallest absolute Gasteiger partial charge is 0.252 e. The second kappa shape index (κ2) is 7.32. The number of ether oxygens (including phenoxy) is 1. The maximum absolute atomic E-state index is 13.0. The molecule has 6 nitrogen and oxygen atoms in total. The van der Waals surface area contributed by atoms with E-state index in [2.05, 4.69) is 15.3 Å². The van der Waals surface area contributed by atoms with Gasteiger partial charge in [0.2, 0.25) is 5.88 Å². The zero-order valence-electron chi connectivity index (χ0n) is 15.0. The molecular weight excluding hydrogens is 342 g/mol. The van der Waals surface area contributed by atoms with Crippen molar-refractivity contribution in [2.75, 3.05) is 7.11 Å². The fourth-order valence-electron chi connectivity index (χ4n) is 3.58. The lowest BCUT2D eigenvalue weighted by atomic mass is 9.75. The van der Waals surface area contributed by atoms with Crippen LogP contribution in [0, 0.1) is 5.92 Å². The van der Waals surface area contributed by atoms with Crippen molar-refractivity contribution in [2.24, 2.45) is 5.92 Å². The molecule has 1 aromatic carbocycles. The van der Waals surface area contributed by atoms with E-state index in [1.165, 1.54) is 0 Å². The summed E-state index contributed by atoms with van der Waals surface area (Å²) in [5.41, 5.74) is 2.28. The van der Waals surface area contributed by atoms with Gasteiger partial charge in [-0.15, -0.1) is 0 Å². The topological polar surface area (TPSA) is 84.3 Å². The zero-order chi connectivity index (χ0) is 18.8. The largest absolute Gasteiger partial charge is 0.481 e. The van der Waals surface area contributed by atoms with Crippen LogP contribution in [0.5, 0.6) is 5.88 Å². The molecule has 1 atom stereocenters. The van der Waals surface area contributed by atoms with Gasteiger partial charge in [0.1, 0.15) is 0 Å². The number of aliphatic hydroxyl groups is 1. The van der Waals surface area contributed by atoms with Crippen LogP contribution in [0.3, 0.4) is 0 Å². The highest BCUT2D eigenvalue weighted by Gasteiger charge is 2.36. The normalized spacial score (nSPS) is 19.9. The Balaban J connectivity index is 1.63.